The fourth-order valence-corrected chi connectivity index (χ4v) is 1.23. The molecule has 4 nitrogen and oxygen atoms in total. The molecular weight excluding hydrogens is 168 g/mol. The first-order chi connectivity index (χ1) is 6.29. The van der Waals surface area contributed by atoms with Gasteiger partial charge in [-0.2, -0.15) is 0 Å². The lowest BCUT2D eigenvalue weighted by Crippen LogP contribution is -2.14. The molecule has 2 heterocycles. The van der Waals surface area contributed by atoms with Crippen molar-refractivity contribution in [1.82, 2.24) is 9.97 Å². The molecule has 1 N–H and O–H groups in total. The Hall–Kier alpha value is -1.42. The van der Waals surface area contributed by atoms with Gasteiger partial charge in [0.25, 0.3) is 0 Å². The second kappa shape index (κ2) is 3.14. The van der Waals surface area contributed by atoms with Crippen LogP contribution in [0.4, 0.5) is 0 Å². The highest BCUT2D eigenvalue weighted by atomic mass is 16.5. The molecule has 4 heteroatoms. The molecule has 0 spiro atoms. The van der Waals surface area contributed by atoms with Crippen LogP contribution in [0.25, 0.3) is 0 Å². The predicted molar refractivity (Wildman–Crippen MR) is 46.3 cm³/mol. The molecule has 1 aliphatic rings. The molecule has 0 unspecified atom stereocenters. The molecule has 1 aliphatic heterocycles. The standard InChI is InChI=1S/C9H10N2O2/c1-6-2-8-9(13-5-6)10-3-7(4-12)11-8/h3,12H,1-2,4-5H2. The molecule has 1 aromatic rings. The highest BCUT2D eigenvalue weighted by Crippen LogP contribution is 2.21. The van der Waals surface area contributed by atoms with Gasteiger partial charge in [0, 0.05) is 6.42 Å². The summed E-state index contributed by atoms with van der Waals surface area (Å²) in [5.74, 6) is 0.560. The van der Waals surface area contributed by atoms with Crippen LogP contribution < -0.4 is 4.74 Å². The Kier molecular flexibility index (Phi) is 1.98. The van der Waals surface area contributed by atoms with E-state index < -0.39 is 0 Å². The van der Waals surface area contributed by atoms with Crippen molar-refractivity contribution < 1.29 is 9.84 Å². The van der Waals surface area contributed by atoms with E-state index in [9.17, 15) is 0 Å². The summed E-state index contributed by atoms with van der Waals surface area (Å²) in [5.41, 5.74) is 2.32. The summed E-state index contributed by atoms with van der Waals surface area (Å²) in [6.07, 6.45) is 2.21. The van der Waals surface area contributed by atoms with Gasteiger partial charge in [0.05, 0.1) is 18.5 Å². The van der Waals surface area contributed by atoms with Crippen molar-refractivity contribution in [2.75, 3.05) is 6.61 Å². The summed E-state index contributed by atoms with van der Waals surface area (Å²) in [6.45, 7) is 4.24. The third-order valence-electron chi connectivity index (χ3n) is 1.85. The molecule has 0 fully saturated rings. The molecule has 0 radical (unpaired) electrons. The molecule has 0 aromatic carbocycles. The van der Waals surface area contributed by atoms with Crippen molar-refractivity contribution in [1.29, 1.82) is 0 Å². The lowest BCUT2D eigenvalue weighted by atomic mass is 10.1. The van der Waals surface area contributed by atoms with E-state index in [0.717, 1.165) is 11.3 Å². The largest absolute Gasteiger partial charge is 0.472 e. The van der Waals surface area contributed by atoms with E-state index in [1.807, 2.05) is 0 Å². The minimum absolute atomic E-state index is 0.0905. The fraction of sp³-hybridized carbons (Fsp3) is 0.333. The van der Waals surface area contributed by atoms with Gasteiger partial charge >= 0.3 is 0 Å². The summed E-state index contributed by atoms with van der Waals surface area (Å²) in [6, 6.07) is 0. The average molecular weight is 178 g/mol. The SMILES string of the molecule is C=C1COc2ncc(CO)nc2C1. The van der Waals surface area contributed by atoms with Crippen LogP contribution in [-0.2, 0) is 13.0 Å². The topological polar surface area (TPSA) is 55.2 Å². The summed E-state index contributed by atoms with van der Waals surface area (Å²) in [4.78, 5) is 8.22. The summed E-state index contributed by atoms with van der Waals surface area (Å²) < 4.78 is 5.28. The number of fused-ring (bicyclic) bond motifs is 1. The first-order valence-corrected chi connectivity index (χ1v) is 4.04. The first-order valence-electron chi connectivity index (χ1n) is 4.04. The van der Waals surface area contributed by atoms with Crippen LogP contribution in [0.5, 0.6) is 5.88 Å². The quantitative estimate of drug-likeness (QED) is 0.635. The zero-order valence-electron chi connectivity index (χ0n) is 7.16. The Balaban J connectivity index is 2.38. The van der Waals surface area contributed by atoms with Crippen LogP contribution in [0.2, 0.25) is 0 Å². The summed E-state index contributed by atoms with van der Waals surface area (Å²) >= 11 is 0. The normalized spacial score (nSPS) is 15.0. The highest BCUT2D eigenvalue weighted by molar-refractivity contribution is 5.28. The first kappa shape index (κ1) is 8.19. The average Bonchev–Trinajstić information content (AvgIpc) is 2.16. The highest BCUT2D eigenvalue weighted by Gasteiger charge is 2.15. The summed E-state index contributed by atoms with van der Waals surface area (Å²) in [7, 11) is 0. The number of rotatable bonds is 1. The van der Waals surface area contributed by atoms with E-state index >= 15 is 0 Å². The van der Waals surface area contributed by atoms with Crippen LogP contribution in [0, 0.1) is 0 Å². The smallest absolute Gasteiger partial charge is 0.236 e. The second-order valence-corrected chi connectivity index (χ2v) is 2.99. The van der Waals surface area contributed by atoms with Crippen molar-refractivity contribution >= 4 is 0 Å². The van der Waals surface area contributed by atoms with Gasteiger partial charge in [-0.05, 0) is 5.57 Å². The summed E-state index contributed by atoms with van der Waals surface area (Å²) in [5, 5.41) is 8.84. The van der Waals surface area contributed by atoms with Gasteiger partial charge < -0.3 is 9.84 Å². The van der Waals surface area contributed by atoms with Crippen molar-refractivity contribution in [3.8, 4) is 5.88 Å². The second-order valence-electron chi connectivity index (χ2n) is 2.99. The minimum Gasteiger partial charge on any atom is -0.472 e. The maximum atomic E-state index is 8.84. The van der Waals surface area contributed by atoms with Gasteiger partial charge in [0.15, 0.2) is 0 Å². The molecule has 0 aliphatic carbocycles. The Labute approximate surface area is 75.9 Å². The third kappa shape index (κ3) is 1.53. The van der Waals surface area contributed by atoms with Crippen LogP contribution >= 0.6 is 0 Å². The van der Waals surface area contributed by atoms with E-state index in [4.69, 9.17) is 9.84 Å². The molecule has 13 heavy (non-hydrogen) atoms. The maximum Gasteiger partial charge on any atom is 0.236 e. The van der Waals surface area contributed by atoms with Crippen molar-refractivity contribution in [2.45, 2.75) is 13.0 Å². The van der Waals surface area contributed by atoms with Crippen LogP contribution in [0.1, 0.15) is 11.4 Å². The van der Waals surface area contributed by atoms with Crippen molar-refractivity contribution in [3.63, 3.8) is 0 Å². The van der Waals surface area contributed by atoms with E-state index in [1.165, 1.54) is 6.20 Å². The Bertz CT molecular complexity index is 349. The molecule has 0 bridgehead atoms. The van der Waals surface area contributed by atoms with Crippen LogP contribution in [0.3, 0.4) is 0 Å². The Morgan fingerprint density at radius 3 is 3.23 bits per heavy atom. The Morgan fingerprint density at radius 1 is 1.62 bits per heavy atom. The molecule has 0 atom stereocenters. The Morgan fingerprint density at radius 2 is 2.46 bits per heavy atom. The molecule has 68 valence electrons. The van der Waals surface area contributed by atoms with E-state index in [2.05, 4.69) is 16.5 Å². The number of nitrogens with zero attached hydrogens (tertiary/aromatic N) is 2. The van der Waals surface area contributed by atoms with Gasteiger partial charge in [-0.3, -0.25) is 0 Å². The molecule has 0 amide bonds. The number of ether oxygens (including phenoxy) is 1. The number of hydrogen-bond donors (Lipinski definition) is 1. The monoisotopic (exact) mass is 178 g/mol. The molecule has 0 saturated carbocycles. The lowest BCUT2D eigenvalue weighted by molar-refractivity contribution is 0.272. The molecule has 0 saturated heterocycles. The van der Waals surface area contributed by atoms with Crippen molar-refractivity contribution in [3.05, 3.63) is 29.7 Å². The van der Waals surface area contributed by atoms with Crippen LogP contribution in [-0.4, -0.2) is 21.7 Å². The zero-order chi connectivity index (χ0) is 9.26. The lowest BCUT2D eigenvalue weighted by Gasteiger charge is -2.16. The van der Waals surface area contributed by atoms with Gasteiger partial charge in [-0.25, -0.2) is 9.97 Å². The van der Waals surface area contributed by atoms with Gasteiger partial charge in [0.2, 0.25) is 5.88 Å². The van der Waals surface area contributed by atoms with E-state index in [-0.39, 0.29) is 6.61 Å². The van der Waals surface area contributed by atoms with E-state index in [1.54, 1.807) is 0 Å². The molecule has 1 aromatic heterocycles. The number of aliphatic hydroxyl groups excluding tert-OH is 1. The molecule has 2 rings (SSSR count). The predicted octanol–water partition coefficient (Wildman–Crippen LogP) is 0.460. The molecular formula is C9H10N2O2. The number of aromatic nitrogens is 2. The number of aliphatic hydroxyl groups is 1. The fourth-order valence-electron chi connectivity index (χ4n) is 1.23. The zero-order valence-corrected chi connectivity index (χ0v) is 7.16. The number of hydrogen-bond acceptors (Lipinski definition) is 4. The van der Waals surface area contributed by atoms with E-state index in [0.29, 0.717) is 24.6 Å². The minimum atomic E-state index is -0.0905. The van der Waals surface area contributed by atoms with Gasteiger partial charge in [0.1, 0.15) is 12.3 Å². The van der Waals surface area contributed by atoms with Crippen molar-refractivity contribution in [2.24, 2.45) is 0 Å². The van der Waals surface area contributed by atoms with Gasteiger partial charge in [-0.1, -0.05) is 6.58 Å². The maximum absolute atomic E-state index is 8.84. The van der Waals surface area contributed by atoms with Crippen LogP contribution in [0.15, 0.2) is 18.3 Å². The third-order valence-corrected chi connectivity index (χ3v) is 1.85. The van der Waals surface area contributed by atoms with Gasteiger partial charge in [-0.15, -0.1) is 0 Å².